The molecule has 2 rings (SSSR count). The average Bonchev–Trinajstić information content (AvgIpc) is 2.69. The summed E-state index contributed by atoms with van der Waals surface area (Å²) in [5, 5.41) is 11.0. The number of ether oxygens (including phenoxy) is 1. The molecule has 0 amide bonds. The molecule has 0 unspecified atom stereocenters. The van der Waals surface area contributed by atoms with Gasteiger partial charge in [-0.05, 0) is 41.0 Å². The summed E-state index contributed by atoms with van der Waals surface area (Å²) in [6.07, 6.45) is 0. The van der Waals surface area contributed by atoms with E-state index in [9.17, 15) is 0 Å². The summed E-state index contributed by atoms with van der Waals surface area (Å²) in [5.74, 6) is 0.778. The number of hydrogen-bond acceptors (Lipinski definition) is 5. The topological polar surface area (TPSA) is 78.8 Å². The molecule has 2 N–H and O–H groups in total. The Morgan fingerprint density at radius 1 is 1.29 bits per heavy atom. The van der Waals surface area contributed by atoms with Gasteiger partial charge < -0.3 is 10.5 Å². The van der Waals surface area contributed by atoms with E-state index in [1.807, 2.05) is 26.0 Å². The van der Waals surface area contributed by atoms with Gasteiger partial charge in [0.25, 0.3) is 0 Å². The molecule has 0 spiro atoms. The highest BCUT2D eigenvalue weighted by Gasteiger charge is 2.10. The lowest BCUT2D eigenvalue weighted by atomic mass is 10.1. The first-order valence-corrected chi connectivity index (χ1v) is 5.32. The van der Waals surface area contributed by atoms with Gasteiger partial charge in [0.15, 0.2) is 0 Å². The molecule has 0 saturated carbocycles. The third-order valence-corrected chi connectivity index (χ3v) is 2.53. The summed E-state index contributed by atoms with van der Waals surface area (Å²) in [6.45, 7) is 4.48. The van der Waals surface area contributed by atoms with E-state index in [1.165, 1.54) is 4.68 Å². The van der Waals surface area contributed by atoms with Crippen molar-refractivity contribution in [2.75, 3.05) is 0 Å². The zero-order valence-electron chi connectivity index (χ0n) is 10.1. The standard InChI is InChI=1S/C11H15N5O/c1-7-4-9(6-12)5-8(2)10(7)17-11-13-14-15-16(11)3/h4-5H,6,12H2,1-3H3. The van der Waals surface area contributed by atoms with Crippen molar-refractivity contribution in [3.05, 3.63) is 28.8 Å². The summed E-state index contributed by atoms with van der Waals surface area (Å²) in [5.41, 5.74) is 8.75. The van der Waals surface area contributed by atoms with Gasteiger partial charge in [-0.2, -0.15) is 4.68 Å². The second kappa shape index (κ2) is 4.50. The van der Waals surface area contributed by atoms with Gasteiger partial charge in [-0.15, -0.1) is 0 Å². The largest absolute Gasteiger partial charge is 0.423 e. The van der Waals surface area contributed by atoms with Crippen LogP contribution in [-0.4, -0.2) is 20.2 Å². The molecule has 0 aliphatic carbocycles. The molecule has 2 aromatic rings. The van der Waals surface area contributed by atoms with Crippen LogP contribution in [0.5, 0.6) is 11.8 Å². The molecule has 90 valence electrons. The molecule has 1 heterocycles. The van der Waals surface area contributed by atoms with E-state index in [1.54, 1.807) is 7.05 Å². The van der Waals surface area contributed by atoms with Crippen molar-refractivity contribution >= 4 is 0 Å². The van der Waals surface area contributed by atoms with E-state index in [0.29, 0.717) is 12.6 Å². The third-order valence-electron chi connectivity index (χ3n) is 2.53. The average molecular weight is 233 g/mol. The molecule has 6 heteroatoms. The molecule has 0 aliphatic heterocycles. The molecule has 0 saturated heterocycles. The Hall–Kier alpha value is -1.95. The third kappa shape index (κ3) is 2.26. The minimum Gasteiger partial charge on any atom is -0.423 e. The summed E-state index contributed by atoms with van der Waals surface area (Å²) in [7, 11) is 1.73. The lowest BCUT2D eigenvalue weighted by molar-refractivity contribution is 0.409. The number of benzene rings is 1. The quantitative estimate of drug-likeness (QED) is 0.858. The Labute approximate surface area is 99.4 Å². The van der Waals surface area contributed by atoms with Gasteiger partial charge >= 0.3 is 6.01 Å². The van der Waals surface area contributed by atoms with Crippen LogP contribution in [-0.2, 0) is 13.6 Å². The fourth-order valence-electron chi connectivity index (χ4n) is 1.72. The van der Waals surface area contributed by atoms with Crippen LogP contribution >= 0.6 is 0 Å². The zero-order valence-corrected chi connectivity index (χ0v) is 10.1. The van der Waals surface area contributed by atoms with Crippen molar-refractivity contribution < 1.29 is 4.74 Å². The van der Waals surface area contributed by atoms with Crippen molar-refractivity contribution in [1.82, 2.24) is 20.2 Å². The monoisotopic (exact) mass is 233 g/mol. The fourth-order valence-corrected chi connectivity index (χ4v) is 1.72. The molecular formula is C11H15N5O. The van der Waals surface area contributed by atoms with Crippen LogP contribution in [0.4, 0.5) is 0 Å². The second-order valence-corrected chi connectivity index (χ2v) is 3.95. The van der Waals surface area contributed by atoms with E-state index in [2.05, 4.69) is 15.5 Å². The van der Waals surface area contributed by atoms with E-state index in [-0.39, 0.29) is 0 Å². The smallest absolute Gasteiger partial charge is 0.340 e. The molecule has 1 aromatic carbocycles. The van der Waals surface area contributed by atoms with Crippen molar-refractivity contribution in [2.45, 2.75) is 20.4 Å². The molecular weight excluding hydrogens is 218 g/mol. The van der Waals surface area contributed by atoms with Crippen LogP contribution in [0.2, 0.25) is 0 Å². The number of aromatic nitrogens is 4. The number of hydrogen-bond donors (Lipinski definition) is 1. The van der Waals surface area contributed by atoms with Gasteiger partial charge in [0.05, 0.1) is 0 Å². The van der Waals surface area contributed by atoms with E-state index >= 15 is 0 Å². The molecule has 17 heavy (non-hydrogen) atoms. The van der Waals surface area contributed by atoms with Crippen molar-refractivity contribution in [3.8, 4) is 11.8 Å². The van der Waals surface area contributed by atoms with Gasteiger partial charge in [0.1, 0.15) is 5.75 Å². The summed E-state index contributed by atoms with van der Waals surface area (Å²) in [4.78, 5) is 0. The number of rotatable bonds is 3. The molecule has 0 bridgehead atoms. The summed E-state index contributed by atoms with van der Waals surface area (Å²) >= 11 is 0. The molecule has 0 radical (unpaired) electrons. The highest BCUT2D eigenvalue weighted by atomic mass is 16.5. The number of aryl methyl sites for hydroxylation is 3. The normalized spacial score (nSPS) is 10.6. The first-order valence-electron chi connectivity index (χ1n) is 5.32. The Kier molecular flexibility index (Phi) is 3.06. The lowest BCUT2D eigenvalue weighted by Crippen LogP contribution is -2.01. The van der Waals surface area contributed by atoms with Gasteiger partial charge in [-0.3, -0.25) is 0 Å². The SMILES string of the molecule is Cc1cc(CN)cc(C)c1Oc1nnnn1C. The van der Waals surface area contributed by atoms with Gasteiger partial charge in [0.2, 0.25) is 0 Å². The first kappa shape index (κ1) is 11.5. The van der Waals surface area contributed by atoms with Crippen molar-refractivity contribution in [1.29, 1.82) is 0 Å². The molecule has 0 aliphatic rings. The van der Waals surface area contributed by atoms with Crippen LogP contribution in [0.3, 0.4) is 0 Å². The van der Waals surface area contributed by atoms with E-state index in [4.69, 9.17) is 10.5 Å². The van der Waals surface area contributed by atoms with E-state index in [0.717, 1.165) is 22.4 Å². The number of tetrazole rings is 1. The number of nitrogens with zero attached hydrogens (tertiary/aromatic N) is 4. The number of nitrogens with two attached hydrogens (primary N) is 1. The molecule has 0 atom stereocenters. The Morgan fingerprint density at radius 3 is 2.41 bits per heavy atom. The maximum atomic E-state index is 5.70. The summed E-state index contributed by atoms with van der Waals surface area (Å²) < 4.78 is 7.18. The first-order chi connectivity index (χ1) is 8.11. The van der Waals surface area contributed by atoms with Crippen LogP contribution in [0.15, 0.2) is 12.1 Å². The summed E-state index contributed by atoms with van der Waals surface area (Å²) in [6, 6.07) is 4.38. The van der Waals surface area contributed by atoms with Gasteiger partial charge in [-0.1, -0.05) is 17.2 Å². The van der Waals surface area contributed by atoms with Crippen LogP contribution in [0, 0.1) is 13.8 Å². The van der Waals surface area contributed by atoms with Gasteiger partial charge in [0, 0.05) is 13.6 Å². The minimum atomic E-state index is 0.372. The maximum absolute atomic E-state index is 5.70. The van der Waals surface area contributed by atoms with Crippen molar-refractivity contribution in [2.24, 2.45) is 12.8 Å². The zero-order chi connectivity index (χ0) is 12.4. The lowest BCUT2D eigenvalue weighted by Gasteiger charge is -2.11. The van der Waals surface area contributed by atoms with Gasteiger partial charge in [-0.25, -0.2) is 0 Å². The highest BCUT2D eigenvalue weighted by Crippen LogP contribution is 2.28. The fraction of sp³-hybridized carbons (Fsp3) is 0.364. The molecule has 6 nitrogen and oxygen atoms in total. The molecule has 1 aromatic heterocycles. The minimum absolute atomic E-state index is 0.372. The second-order valence-electron chi connectivity index (χ2n) is 3.95. The predicted octanol–water partition coefficient (Wildman–Crippen LogP) is 1.08. The Balaban J connectivity index is 2.36. The van der Waals surface area contributed by atoms with Crippen LogP contribution < -0.4 is 10.5 Å². The Morgan fingerprint density at radius 2 is 1.94 bits per heavy atom. The van der Waals surface area contributed by atoms with E-state index < -0.39 is 0 Å². The maximum Gasteiger partial charge on any atom is 0.340 e. The van der Waals surface area contributed by atoms with Crippen LogP contribution in [0.1, 0.15) is 16.7 Å². The molecule has 0 fully saturated rings. The Bertz CT molecular complexity index is 511. The predicted molar refractivity (Wildman–Crippen MR) is 62.7 cm³/mol. The van der Waals surface area contributed by atoms with Crippen LogP contribution in [0.25, 0.3) is 0 Å². The van der Waals surface area contributed by atoms with Crippen molar-refractivity contribution in [3.63, 3.8) is 0 Å². The highest BCUT2D eigenvalue weighted by molar-refractivity contribution is 5.44.